The lowest BCUT2D eigenvalue weighted by Crippen LogP contribution is -2.52. The predicted molar refractivity (Wildman–Crippen MR) is 126 cm³/mol. The third kappa shape index (κ3) is 6.37. The highest BCUT2D eigenvalue weighted by atomic mass is 32.2. The highest BCUT2D eigenvalue weighted by molar-refractivity contribution is 8.13. The number of aliphatic carboxylic acids is 1. The van der Waals surface area contributed by atoms with Crippen LogP contribution in [0, 0.1) is 5.92 Å². The monoisotopic (exact) mass is 472 g/mol. The second kappa shape index (κ2) is 11.2. The van der Waals surface area contributed by atoms with Crippen molar-refractivity contribution >= 4 is 52.1 Å². The lowest BCUT2D eigenvalue weighted by Gasteiger charge is -2.25. The molecule has 2 aromatic carbocycles. The zero-order valence-electron chi connectivity index (χ0n) is 17.5. The minimum absolute atomic E-state index is 0.0833. The first-order valence-electron chi connectivity index (χ1n) is 10.1. The van der Waals surface area contributed by atoms with Gasteiger partial charge in [0.05, 0.1) is 11.6 Å². The van der Waals surface area contributed by atoms with Gasteiger partial charge in [-0.05, 0) is 24.1 Å². The van der Waals surface area contributed by atoms with E-state index in [1.54, 1.807) is 12.1 Å². The molecule has 1 aliphatic rings. The Bertz CT molecular complexity index is 999. The van der Waals surface area contributed by atoms with Gasteiger partial charge < -0.3 is 10.4 Å². The fourth-order valence-corrected chi connectivity index (χ4v) is 5.17. The molecule has 2 atom stereocenters. The molecule has 0 saturated heterocycles. The van der Waals surface area contributed by atoms with Gasteiger partial charge in [-0.15, -0.1) is 11.8 Å². The van der Waals surface area contributed by atoms with E-state index >= 15 is 0 Å². The summed E-state index contributed by atoms with van der Waals surface area (Å²) in [6.07, 6.45) is 0.431. The van der Waals surface area contributed by atoms with Crippen molar-refractivity contribution in [1.29, 1.82) is 0 Å². The molecule has 1 heterocycles. The number of carbonyl (C=O) groups is 4. The van der Waals surface area contributed by atoms with E-state index in [2.05, 4.69) is 5.32 Å². The third-order valence-corrected chi connectivity index (χ3v) is 7.05. The van der Waals surface area contributed by atoms with E-state index in [1.807, 2.05) is 42.5 Å². The third-order valence-electron chi connectivity index (χ3n) is 4.92. The van der Waals surface area contributed by atoms with Gasteiger partial charge in [-0.25, -0.2) is 0 Å². The second-order valence-electron chi connectivity index (χ2n) is 7.35. The van der Waals surface area contributed by atoms with Crippen molar-refractivity contribution in [3.63, 3.8) is 0 Å². The van der Waals surface area contributed by atoms with E-state index in [-0.39, 0.29) is 16.8 Å². The lowest BCUT2D eigenvalue weighted by molar-refractivity contribution is -0.137. The number of fused-ring (bicyclic) bond motifs is 1. The first kappa shape index (κ1) is 23.9. The number of nitrogens with zero attached hydrogens (tertiary/aromatic N) is 1. The van der Waals surface area contributed by atoms with E-state index in [9.17, 15) is 24.3 Å². The number of benzene rings is 2. The fourth-order valence-electron chi connectivity index (χ4n) is 3.39. The number of thioether (sulfide) groups is 2. The number of hydrogen-bond acceptors (Lipinski definition) is 6. The zero-order valence-corrected chi connectivity index (χ0v) is 19.2. The molecule has 168 valence electrons. The van der Waals surface area contributed by atoms with Gasteiger partial charge in [-0.3, -0.25) is 24.1 Å². The average Bonchev–Trinajstić information content (AvgIpc) is 2.89. The highest BCUT2D eigenvalue weighted by Crippen LogP contribution is 2.34. The summed E-state index contributed by atoms with van der Waals surface area (Å²) in [5, 5.41) is 12.1. The summed E-state index contributed by atoms with van der Waals surface area (Å²) in [5.74, 6) is -1.86. The van der Waals surface area contributed by atoms with E-state index in [4.69, 9.17) is 0 Å². The summed E-state index contributed by atoms with van der Waals surface area (Å²) in [6.45, 7) is 0.963. The van der Waals surface area contributed by atoms with Gasteiger partial charge in [0.25, 0.3) is 5.91 Å². The Morgan fingerprint density at radius 1 is 1.16 bits per heavy atom. The number of hydrogen-bond donors (Lipinski definition) is 2. The Morgan fingerprint density at radius 3 is 2.53 bits per heavy atom. The van der Waals surface area contributed by atoms with Gasteiger partial charge in [0, 0.05) is 23.3 Å². The number of carbonyl (C=O) groups excluding carboxylic acids is 3. The highest BCUT2D eigenvalue weighted by Gasteiger charge is 2.34. The van der Waals surface area contributed by atoms with Gasteiger partial charge in [-0.1, -0.05) is 54.2 Å². The van der Waals surface area contributed by atoms with Crippen LogP contribution in [0.1, 0.15) is 12.5 Å². The van der Waals surface area contributed by atoms with Crippen LogP contribution in [0.4, 0.5) is 5.69 Å². The number of carboxylic acids is 1. The number of rotatable bonds is 8. The summed E-state index contributed by atoms with van der Waals surface area (Å²) in [6, 6.07) is 15.7. The SMILES string of the molecule is CC(=O)SC[C@@H](Cc1ccccc1)C(=O)N[C@H]1CSc2ccccc2N(CC(=O)O)C1=O. The average molecular weight is 473 g/mol. The normalized spacial score (nSPS) is 16.6. The van der Waals surface area contributed by atoms with Crippen LogP contribution in [-0.4, -0.2) is 52.1 Å². The van der Waals surface area contributed by atoms with Crippen LogP contribution in [0.15, 0.2) is 59.5 Å². The maximum atomic E-state index is 13.2. The second-order valence-corrected chi connectivity index (χ2v) is 9.61. The number of nitrogens with one attached hydrogen (secondary N) is 1. The Morgan fingerprint density at radius 2 is 1.84 bits per heavy atom. The van der Waals surface area contributed by atoms with Gasteiger partial charge in [0.2, 0.25) is 5.91 Å². The molecular weight excluding hydrogens is 448 g/mol. The molecule has 0 fully saturated rings. The predicted octanol–water partition coefficient (Wildman–Crippen LogP) is 2.83. The Balaban J connectivity index is 1.79. The largest absolute Gasteiger partial charge is 0.480 e. The van der Waals surface area contributed by atoms with Crippen LogP contribution in [-0.2, 0) is 25.6 Å². The standard InChI is InChI=1S/C23H24N2O5S2/c1-15(26)31-13-17(11-16-7-3-2-4-8-16)22(29)24-18-14-32-20-10-6-5-9-19(20)25(23(18)30)12-21(27)28/h2-10,17-18H,11-14H2,1H3,(H,24,29)(H,27,28)/t17-,18+/m1/s1. The molecule has 0 bridgehead atoms. The van der Waals surface area contributed by atoms with Crippen LogP contribution in [0.3, 0.4) is 0 Å². The van der Waals surface area contributed by atoms with Gasteiger partial charge in [-0.2, -0.15) is 0 Å². The van der Waals surface area contributed by atoms with E-state index in [0.29, 0.717) is 17.9 Å². The molecule has 2 N–H and O–H groups in total. The maximum Gasteiger partial charge on any atom is 0.323 e. The topological polar surface area (TPSA) is 104 Å². The molecule has 7 nitrogen and oxygen atoms in total. The molecule has 0 unspecified atom stereocenters. The van der Waals surface area contributed by atoms with Crippen molar-refractivity contribution in [2.24, 2.45) is 5.92 Å². The fraction of sp³-hybridized carbons (Fsp3) is 0.304. The quantitative estimate of drug-likeness (QED) is 0.609. The van der Waals surface area contributed by atoms with Crippen LogP contribution in [0.25, 0.3) is 0 Å². The molecule has 0 radical (unpaired) electrons. The van der Waals surface area contributed by atoms with E-state index in [1.165, 1.54) is 23.6 Å². The first-order chi connectivity index (χ1) is 15.3. The summed E-state index contributed by atoms with van der Waals surface area (Å²) in [4.78, 5) is 51.2. The van der Waals surface area contributed by atoms with E-state index in [0.717, 1.165) is 22.2 Å². The van der Waals surface area contributed by atoms with Crippen LogP contribution in [0.5, 0.6) is 0 Å². The summed E-state index contributed by atoms with van der Waals surface area (Å²) >= 11 is 2.47. The number of anilines is 1. The Labute approximate surface area is 194 Å². The smallest absolute Gasteiger partial charge is 0.323 e. The van der Waals surface area contributed by atoms with Crippen LogP contribution >= 0.6 is 23.5 Å². The van der Waals surface area contributed by atoms with Crippen molar-refractivity contribution < 1.29 is 24.3 Å². The van der Waals surface area contributed by atoms with Crippen LogP contribution < -0.4 is 10.2 Å². The summed E-state index contributed by atoms with van der Waals surface area (Å²) in [7, 11) is 0. The van der Waals surface area contributed by atoms with Gasteiger partial charge >= 0.3 is 5.97 Å². The molecule has 0 aromatic heterocycles. The molecule has 0 spiro atoms. The first-order valence-corrected chi connectivity index (χ1v) is 12.0. The Kier molecular flexibility index (Phi) is 8.35. The molecule has 3 rings (SSSR count). The number of carboxylic acid groups (broad SMARTS) is 1. The number of amides is 2. The van der Waals surface area contributed by atoms with Crippen molar-refractivity contribution in [3.05, 3.63) is 60.2 Å². The minimum Gasteiger partial charge on any atom is -0.480 e. The molecule has 9 heteroatoms. The molecule has 32 heavy (non-hydrogen) atoms. The zero-order chi connectivity index (χ0) is 23.1. The molecule has 0 aliphatic carbocycles. The summed E-state index contributed by atoms with van der Waals surface area (Å²) in [5.41, 5.74) is 1.48. The molecule has 2 amide bonds. The van der Waals surface area contributed by atoms with Crippen molar-refractivity contribution in [2.75, 3.05) is 23.0 Å². The number of para-hydroxylation sites is 1. The maximum absolute atomic E-state index is 13.2. The molecule has 0 saturated carbocycles. The minimum atomic E-state index is -1.13. The van der Waals surface area contributed by atoms with Gasteiger partial charge in [0.15, 0.2) is 5.12 Å². The summed E-state index contributed by atoms with van der Waals surface area (Å²) < 4.78 is 0. The van der Waals surface area contributed by atoms with Crippen molar-refractivity contribution in [1.82, 2.24) is 5.32 Å². The van der Waals surface area contributed by atoms with Gasteiger partial charge in [0.1, 0.15) is 12.6 Å². The molecule has 1 aliphatic heterocycles. The molecule has 2 aromatic rings. The van der Waals surface area contributed by atoms with Crippen LogP contribution in [0.2, 0.25) is 0 Å². The van der Waals surface area contributed by atoms with Crippen molar-refractivity contribution in [2.45, 2.75) is 24.3 Å². The van der Waals surface area contributed by atoms with Crippen molar-refractivity contribution in [3.8, 4) is 0 Å². The molecular formula is C23H24N2O5S2. The lowest BCUT2D eigenvalue weighted by atomic mass is 10.00. The van der Waals surface area contributed by atoms with E-state index < -0.39 is 30.4 Å². The Hall–Kier alpha value is -2.78.